The van der Waals surface area contributed by atoms with Crippen LogP contribution in [0.4, 0.5) is 10.2 Å². The highest BCUT2D eigenvalue weighted by Crippen LogP contribution is 2.31. The van der Waals surface area contributed by atoms with Crippen LogP contribution in [0.15, 0.2) is 30.7 Å². The minimum absolute atomic E-state index is 0.101. The van der Waals surface area contributed by atoms with Gasteiger partial charge in [-0.15, -0.1) is 0 Å². The molecular weight excluding hydrogens is 271 g/mol. The van der Waals surface area contributed by atoms with E-state index < -0.39 is 6.10 Å². The molecule has 1 aliphatic heterocycles. The molecule has 0 aromatic carbocycles. The fourth-order valence-electron chi connectivity index (χ4n) is 2.95. The van der Waals surface area contributed by atoms with Gasteiger partial charge in [-0.2, -0.15) is 5.10 Å². The third-order valence-corrected chi connectivity index (χ3v) is 3.99. The van der Waals surface area contributed by atoms with Gasteiger partial charge >= 0.3 is 0 Å². The van der Waals surface area contributed by atoms with Crippen LogP contribution >= 0.6 is 0 Å². The summed E-state index contributed by atoms with van der Waals surface area (Å²) in [5, 5.41) is 14.4. The summed E-state index contributed by atoms with van der Waals surface area (Å²) >= 11 is 0. The van der Waals surface area contributed by atoms with Crippen LogP contribution in [-0.2, 0) is 7.05 Å². The van der Waals surface area contributed by atoms with Gasteiger partial charge in [-0.25, -0.2) is 9.37 Å². The first-order valence-corrected chi connectivity index (χ1v) is 7.19. The molecule has 0 bridgehead atoms. The van der Waals surface area contributed by atoms with Crippen LogP contribution in [-0.4, -0.2) is 32.5 Å². The average molecular weight is 290 g/mol. The second-order valence-corrected chi connectivity index (χ2v) is 5.50. The molecule has 2 unspecified atom stereocenters. The fourth-order valence-corrected chi connectivity index (χ4v) is 2.95. The molecule has 1 saturated heterocycles. The Morgan fingerprint density at radius 3 is 3.10 bits per heavy atom. The number of aromatic nitrogens is 3. The van der Waals surface area contributed by atoms with Gasteiger partial charge in [0.15, 0.2) is 11.6 Å². The first-order chi connectivity index (χ1) is 10.1. The molecule has 1 fully saturated rings. The predicted octanol–water partition coefficient (Wildman–Crippen LogP) is 2.05. The lowest BCUT2D eigenvalue weighted by Crippen LogP contribution is -2.32. The second-order valence-electron chi connectivity index (χ2n) is 5.50. The second kappa shape index (κ2) is 5.81. The molecule has 0 spiro atoms. The van der Waals surface area contributed by atoms with Crippen molar-refractivity contribution in [3.05, 3.63) is 42.1 Å². The SMILES string of the molecule is Cn1cc(C(O)CC2CCCN2c2ncccc2F)cn1. The van der Waals surface area contributed by atoms with Crippen molar-refractivity contribution in [2.75, 3.05) is 11.4 Å². The van der Waals surface area contributed by atoms with Crippen LogP contribution in [0.3, 0.4) is 0 Å². The van der Waals surface area contributed by atoms with Gasteiger partial charge in [0, 0.05) is 37.6 Å². The van der Waals surface area contributed by atoms with Gasteiger partial charge < -0.3 is 10.0 Å². The number of nitrogens with zero attached hydrogens (tertiary/aromatic N) is 4. The maximum Gasteiger partial charge on any atom is 0.165 e. The minimum Gasteiger partial charge on any atom is -0.388 e. The monoisotopic (exact) mass is 290 g/mol. The topological polar surface area (TPSA) is 54.2 Å². The number of hydrogen-bond donors (Lipinski definition) is 1. The zero-order chi connectivity index (χ0) is 14.8. The van der Waals surface area contributed by atoms with Crippen molar-refractivity contribution in [2.45, 2.75) is 31.4 Å². The van der Waals surface area contributed by atoms with Crippen LogP contribution in [0.25, 0.3) is 0 Å². The molecule has 1 aliphatic rings. The highest BCUT2D eigenvalue weighted by atomic mass is 19.1. The Kier molecular flexibility index (Phi) is 3.88. The van der Waals surface area contributed by atoms with Crippen molar-refractivity contribution in [2.24, 2.45) is 7.05 Å². The predicted molar refractivity (Wildman–Crippen MR) is 77.3 cm³/mol. The Bertz CT molecular complexity index is 615. The zero-order valence-electron chi connectivity index (χ0n) is 12.0. The van der Waals surface area contributed by atoms with Crippen LogP contribution in [0, 0.1) is 5.82 Å². The van der Waals surface area contributed by atoms with Crippen LogP contribution < -0.4 is 4.90 Å². The van der Waals surface area contributed by atoms with Gasteiger partial charge in [0.25, 0.3) is 0 Å². The van der Waals surface area contributed by atoms with E-state index in [1.807, 2.05) is 18.1 Å². The van der Waals surface area contributed by atoms with Gasteiger partial charge in [-0.1, -0.05) is 0 Å². The molecule has 3 rings (SSSR count). The highest BCUT2D eigenvalue weighted by molar-refractivity contribution is 5.42. The van der Waals surface area contributed by atoms with E-state index in [2.05, 4.69) is 10.1 Å². The number of hydrogen-bond acceptors (Lipinski definition) is 4. The number of aryl methyl sites for hydroxylation is 1. The summed E-state index contributed by atoms with van der Waals surface area (Å²) in [6, 6.07) is 3.12. The van der Waals surface area contributed by atoms with Gasteiger partial charge in [-0.3, -0.25) is 4.68 Å². The number of aliphatic hydroxyl groups excluding tert-OH is 1. The van der Waals surface area contributed by atoms with Gasteiger partial charge in [0.05, 0.1) is 12.3 Å². The molecular formula is C15H19FN4O. The largest absolute Gasteiger partial charge is 0.388 e. The first-order valence-electron chi connectivity index (χ1n) is 7.19. The molecule has 5 nitrogen and oxygen atoms in total. The molecule has 0 radical (unpaired) electrons. The van der Waals surface area contributed by atoms with E-state index in [1.165, 1.54) is 6.07 Å². The smallest absolute Gasteiger partial charge is 0.165 e. The van der Waals surface area contributed by atoms with Crippen molar-refractivity contribution in [1.29, 1.82) is 0 Å². The lowest BCUT2D eigenvalue weighted by molar-refractivity contribution is 0.158. The number of halogens is 1. The summed E-state index contributed by atoms with van der Waals surface area (Å²) in [4.78, 5) is 6.11. The highest BCUT2D eigenvalue weighted by Gasteiger charge is 2.29. The van der Waals surface area contributed by atoms with Gasteiger partial charge in [0.1, 0.15) is 0 Å². The Hall–Kier alpha value is -1.95. The maximum atomic E-state index is 13.9. The Morgan fingerprint density at radius 2 is 2.38 bits per heavy atom. The molecule has 2 atom stereocenters. The molecule has 1 N–H and O–H groups in total. The molecule has 2 aromatic heterocycles. The number of aliphatic hydroxyl groups is 1. The maximum absolute atomic E-state index is 13.9. The number of rotatable bonds is 4. The molecule has 0 aliphatic carbocycles. The third-order valence-electron chi connectivity index (χ3n) is 3.99. The summed E-state index contributed by atoms with van der Waals surface area (Å²) in [5.41, 5.74) is 0.797. The standard InChI is InChI=1S/C15H19FN4O/c1-19-10-11(9-18-19)14(21)8-12-4-3-7-20(12)15-13(16)5-2-6-17-15/h2,5-6,9-10,12,14,21H,3-4,7-8H2,1H3. The quantitative estimate of drug-likeness (QED) is 0.936. The van der Waals surface area contributed by atoms with Gasteiger partial charge in [0.2, 0.25) is 0 Å². The first kappa shape index (κ1) is 14.0. The molecule has 6 heteroatoms. The van der Waals surface area contributed by atoms with E-state index in [-0.39, 0.29) is 11.9 Å². The average Bonchev–Trinajstić information content (AvgIpc) is 3.08. The summed E-state index contributed by atoms with van der Waals surface area (Å²) in [6.07, 6.45) is 6.98. The summed E-state index contributed by atoms with van der Waals surface area (Å²) in [7, 11) is 1.82. The van der Waals surface area contributed by atoms with E-state index >= 15 is 0 Å². The summed E-state index contributed by atoms with van der Waals surface area (Å²) in [5.74, 6) is 0.0821. The minimum atomic E-state index is -0.587. The summed E-state index contributed by atoms with van der Waals surface area (Å²) in [6.45, 7) is 0.776. The molecule has 0 amide bonds. The lowest BCUT2D eigenvalue weighted by atomic mass is 10.0. The van der Waals surface area contributed by atoms with E-state index in [0.29, 0.717) is 12.2 Å². The van der Waals surface area contributed by atoms with E-state index in [1.54, 1.807) is 23.1 Å². The summed E-state index contributed by atoms with van der Waals surface area (Å²) < 4.78 is 15.6. The van der Waals surface area contributed by atoms with Crippen molar-refractivity contribution in [3.63, 3.8) is 0 Å². The number of anilines is 1. The zero-order valence-corrected chi connectivity index (χ0v) is 12.0. The van der Waals surface area contributed by atoms with Crippen molar-refractivity contribution < 1.29 is 9.50 Å². The number of pyridine rings is 1. The Labute approximate surface area is 123 Å². The molecule has 0 saturated carbocycles. The van der Waals surface area contributed by atoms with Crippen molar-refractivity contribution in [1.82, 2.24) is 14.8 Å². The Balaban J connectivity index is 1.74. The van der Waals surface area contributed by atoms with E-state index in [0.717, 1.165) is 24.9 Å². The van der Waals surface area contributed by atoms with Gasteiger partial charge in [-0.05, 0) is 31.4 Å². The molecule has 3 heterocycles. The van der Waals surface area contributed by atoms with Crippen LogP contribution in [0.1, 0.15) is 30.9 Å². The van der Waals surface area contributed by atoms with E-state index in [9.17, 15) is 9.50 Å². The molecule has 2 aromatic rings. The Morgan fingerprint density at radius 1 is 1.52 bits per heavy atom. The van der Waals surface area contributed by atoms with Crippen LogP contribution in [0.2, 0.25) is 0 Å². The normalized spacial score (nSPS) is 20.0. The molecule has 21 heavy (non-hydrogen) atoms. The third kappa shape index (κ3) is 2.90. The van der Waals surface area contributed by atoms with Crippen molar-refractivity contribution in [3.8, 4) is 0 Å². The molecule has 112 valence electrons. The fraction of sp³-hybridized carbons (Fsp3) is 0.467. The van der Waals surface area contributed by atoms with Crippen LogP contribution in [0.5, 0.6) is 0 Å². The lowest BCUT2D eigenvalue weighted by Gasteiger charge is -2.27. The van der Waals surface area contributed by atoms with Crippen molar-refractivity contribution >= 4 is 5.82 Å². The van der Waals surface area contributed by atoms with E-state index in [4.69, 9.17) is 0 Å².